The lowest BCUT2D eigenvalue weighted by molar-refractivity contribution is 0.431. The van der Waals surface area contributed by atoms with Gasteiger partial charge in [-0.2, -0.15) is 0 Å². The van der Waals surface area contributed by atoms with Gasteiger partial charge in [0.1, 0.15) is 10.8 Å². The first-order chi connectivity index (χ1) is 8.69. The molecule has 2 heterocycles. The fraction of sp³-hybridized carbons (Fsp3) is 0.545. The summed E-state index contributed by atoms with van der Waals surface area (Å²) in [5.41, 5.74) is 0.945. The van der Waals surface area contributed by atoms with Crippen LogP contribution in [0.1, 0.15) is 29.8 Å². The highest BCUT2D eigenvalue weighted by Crippen LogP contribution is 2.26. The summed E-state index contributed by atoms with van der Waals surface area (Å²) in [7, 11) is 0. The van der Waals surface area contributed by atoms with Gasteiger partial charge in [-0.15, -0.1) is 10.2 Å². The number of hydrogen-bond acceptors (Lipinski definition) is 7. The van der Waals surface area contributed by atoms with E-state index in [1.165, 1.54) is 0 Å². The van der Waals surface area contributed by atoms with Gasteiger partial charge in [0, 0.05) is 6.54 Å². The first kappa shape index (κ1) is 13.4. The van der Waals surface area contributed by atoms with Gasteiger partial charge in [-0.1, -0.05) is 30.0 Å². The van der Waals surface area contributed by atoms with Crippen molar-refractivity contribution in [3.05, 3.63) is 16.5 Å². The third kappa shape index (κ3) is 3.46. The molecule has 0 amide bonds. The van der Waals surface area contributed by atoms with Crippen molar-refractivity contribution in [2.75, 3.05) is 11.9 Å². The molecule has 0 bridgehead atoms. The molecule has 7 heteroatoms. The number of nitrogens with zero attached hydrogens (tertiary/aromatic N) is 3. The number of oxazole rings is 1. The molecule has 2 aromatic rings. The molecule has 2 rings (SSSR count). The fourth-order valence-corrected chi connectivity index (χ4v) is 2.91. The maximum absolute atomic E-state index is 5.50. The van der Waals surface area contributed by atoms with Crippen LogP contribution in [0.25, 0.3) is 0 Å². The molecule has 0 aliphatic rings. The number of hydrogen-bond donors (Lipinski definition) is 1. The molecule has 2 aromatic heterocycles. The van der Waals surface area contributed by atoms with Gasteiger partial charge in [0.25, 0.3) is 5.22 Å². The molecule has 1 N–H and O–H groups in total. The molecular formula is C11H16N4OS2. The second-order valence-corrected chi connectivity index (χ2v) is 5.83. The summed E-state index contributed by atoms with van der Waals surface area (Å²) in [5, 5.41) is 14.0. The smallest absolute Gasteiger partial charge is 0.256 e. The van der Waals surface area contributed by atoms with Gasteiger partial charge < -0.3 is 9.73 Å². The molecule has 0 radical (unpaired) electrons. The van der Waals surface area contributed by atoms with Gasteiger partial charge in [0.05, 0.1) is 11.4 Å². The third-order valence-corrected chi connectivity index (χ3v) is 4.22. The first-order valence-electron chi connectivity index (χ1n) is 5.82. The van der Waals surface area contributed by atoms with E-state index in [1.54, 1.807) is 23.1 Å². The molecule has 5 nitrogen and oxygen atoms in total. The minimum Gasteiger partial charge on any atom is -0.437 e. The molecular weight excluding hydrogens is 268 g/mol. The van der Waals surface area contributed by atoms with Crippen LogP contribution < -0.4 is 5.32 Å². The zero-order chi connectivity index (χ0) is 13.0. The summed E-state index contributed by atoms with van der Waals surface area (Å²) in [5.74, 6) is 1.62. The standard InChI is InChI=1S/C11H16N4OS2/c1-4-5-12-10-15-14-9(18-10)6-17-11-13-7(2)8(3)16-11/h4-6H2,1-3H3,(H,12,15). The molecule has 0 fully saturated rings. The number of rotatable bonds is 6. The second kappa shape index (κ2) is 6.19. The highest BCUT2D eigenvalue weighted by molar-refractivity contribution is 7.98. The van der Waals surface area contributed by atoms with Crippen molar-refractivity contribution in [3.63, 3.8) is 0 Å². The highest BCUT2D eigenvalue weighted by Gasteiger charge is 2.09. The number of thioether (sulfide) groups is 1. The van der Waals surface area contributed by atoms with Crippen molar-refractivity contribution in [1.29, 1.82) is 0 Å². The molecule has 98 valence electrons. The summed E-state index contributed by atoms with van der Waals surface area (Å²) >= 11 is 3.13. The molecule has 0 aromatic carbocycles. The maximum Gasteiger partial charge on any atom is 0.256 e. The van der Waals surface area contributed by atoms with Crippen molar-refractivity contribution in [2.24, 2.45) is 0 Å². The van der Waals surface area contributed by atoms with Crippen molar-refractivity contribution in [2.45, 2.75) is 38.2 Å². The summed E-state index contributed by atoms with van der Waals surface area (Å²) < 4.78 is 5.50. The van der Waals surface area contributed by atoms with Gasteiger partial charge >= 0.3 is 0 Å². The van der Waals surface area contributed by atoms with Gasteiger partial charge in [-0.05, 0) is 20.3 Å². The molecule has 0 aliphatic heterocycles. The van der Waals surface area contributed by atoms with E-state index in [2.05, 4.69) is 27.4 Å². The van der Waals surface area contributed by atoms with Crippen LogP contribution in [0.15, 0.2) is 9.64 Å². The maximum atomic E-state index is 5.50. The van der Waals surface area contributed by atoms with E-state index in [1.807, 2.05) is 13.8 Å². The van der Waals surface area contributed by atoms with E-state index in [0.29, 0.717) is 5.22 Å². The molecule has 0 saturated carbocycles. The third-order valence-electron chi connectivity index (χ3n) is 2.32. The van der Waals surface area contributed by atoms with Crippen LogP contribution in [0.5, 0.6) is 0 Å². The average molecular weight is 284 g/mol. The molecule has 0 aliphatic carbocycles. The van der Waals surface area contributed by atoms with Crippen LogP contribution in [0.3, 0.4) is 0 Å². The topological polar surface area (TPSA) is 63.8 Å². The molecule has 0 saturated heterocycles. The Kier molecular flexibility index (Phi) is 4.60. The van der Waals surface area contributed by atoms with Gasteiger partial charge in [0.2, 0.25) is 5.13 Å². The van der Waals surface area contributed by atoms with E-state index >= 15 is 0 Å². The number of aryl methyl sites for hydroxylation is 2. The van der Waals surface area contributed by atoms with Crippen molar-refractivity contribution >= 4 is 28.2 Å². The van der Waals surface area contributed by atoms with Crippen molar-refractivity contribution in [3.8, 4) is 0 Å². The summed E-state index contributed by atoms with van der Waals surface area (Å²) in [6, 6.07) is 0. The summed E-state index contributed by atoms with van der Waals surface area (Å²) in [6.07, 6.45) is 1.08. The van der Waals surface area contributed by atoms with Crippen LogP contribution in [0.4, 0.5) is 5.13 Å². The molecule has 0 unspecified atom stereocenters. The number of aromatic nitrogens is 3. The van der Waals surface area contributed by atoms with E-state index in [9.17, 15) is 0 Å². The Morgan fingerprint density at radius 1 is 1.33 bits per heavy atom. The SMILES string of the molecule is CCCNc1nnc(CSc2nc(C)c(C)o2)s1. The number of nitrogens with one attached hydrogen (secondary N) is 1. The predicted octanol–water partition coefficient (Wildman–Crippen LogP) is 3.26. The average Bonchev–Trinajstić information content (AvgIpc) is 2.92. The molecule has 18 heavy (non-hydrogen) atoms. The van der Waals surface area contributed by atoms with Crippen LogP contribution in [0.2, 0.25) is 0 Å². The second-order valence-electron chi connectivity index (χ2n) is 3.84. The van der Waals surface area contributed by atoms with Crippen molar-refractivity contribution in [1.82, 2.24) is 15.2 Å². The Hall–Kier alpha value is -1.08. The van der Waals surface area contributed by atoms with Crippen LogP contribution >= 0.6 is 23.1 Å². The zero-order valence-corrected chi connectivity index (χ0v) is 12.3. The van der Waals surface area contributed by atoms with E-state index < -0.39 is 0 Å². The Morgan fingerprint density at radius 3 is 2.83 bits per heavy atom. The van der Waals surface area contributed by atoms with Crippen molar-refractivity contribution < 1.29 is 4.42 Å². The normalized spacial score (nSPS) is 10.8. The summed E-state index contributed by atoms with van der Waals surface area (Å²) in [6.45, 7) is 6.92. The lowest BCUT2D eigenvalue weighted by Crippen LogP contribution is -1.98. The fourth-order valence-electron chi connectivity index (χ4n) is 1.24. The first-order valence-corrected chi connectivity index (χ1v) is 7.62. The Morgan fingerprint density at radius 2 is 2.17 bits per heavy atom. The van der Waals surface area contributed by atoms with E-state index in [4.69, 9.17) is 4.42 Å². The van der Waals surface area contributed by atoms with Crippen LogP contribution in [0, 0.1) is 13.8 Å². The quantitative estimate of drug-likeness (QED) is 0.821. The lowest BCUT2D eigenvalue weighted by atomic mass is 10.4. The van der Waals surface area contributed by atoms with Gasteiger partial charge in [-0.25, -0.2) is 4.98 Å². The monoisotopic (exact) mass is 284 g/mol. The van der Waals surface area contributed by atoms with Gasteiger partial charge in [0.15, 0.2) is 0 Å². The van der Waals surface area contributed by atoms with E-state index in [0.717, 1.165) is 40.3 Å². The Labute approximate surface area is 114 Å². The lowest BCUT2D eigenvalue weighted by Gasteiger charge is -1.95. The largest absolute Gasteiger partial charge is 0.437 e. The highest BCUT2D eigenvalue weighted by atomic mass is 32.2. The minimum absolute atomic E-state index is 0.697. The predicted molar refractivity (Wildman–Crippen MR) is 74.2 cm³/mol. The number of anilines is 1. The van der Waals surface area contributed by atoms with Crippen LogP contribution in [-0.4, -0.2) is 21.7 Å². The minimum atomic E-state index is 0.697. The molecule has 0 atom stereocenters. The van der Waals surface area contributed by atoms with Crippen LogP contribution in [-0.2, 0) is 5.75 Å². The molecule has 0 spiro atoms. The Bertz CT molecular complexity index is 489. The Balaban J connectivity index is 1.88. The zero-order valence-electron chi connectivity index (χ0n) is 10.7. The summed E-state index contributed by atoms with van der Waals surface area (Å²) in [4.78, 5) is 4.32. The van der Waals surface area contributed by atoms with E-state index in [-0.39, 0.29) is 0 Å². The van der Waals surface area contributed by atoms with Gasteiger partial charge in [-0.3, -0.25) is 0 Å².